The zero-order valence-corrected chi connectivity index (χ0v) is 29.6. The normalized spacial score (nSPS) is 12.5. The number of halogens is 1. The van der Waals surface area contributed by atoms with Gasteiger partial charge in [0.1, 0.15) is 11.7 Å². The summed E-state index contributed by atoms with van der Waals surface area (Å²) in [5, 5.41) is 19.4. The zero-order valence-electron chi connectivity index (χ0n) is 27.1. The maximum absolute atomic E-state index is 14.6. The topological polar surface area (TPSA) is 178 Å². The number of anilines is 1. The number of aromatic carboxylic acids is 1. The molecule has 258 valence electrons. The van der Waals surface area contributed by atoms with E-state index >= 15 is 0 Å². The maximum atomic E-state index is 14.6. The van der Waals surface area contributed by atoms with E-state index in [1.807, 2.05) is 43.3 Å². The molecule has 1 atom stereocenters. The molecule has 12 nitrogen and oxygen atoms in total. The number of para-hydroxylation sites is 1. The Morgan fingerprint density at radius 1 is 1.20 bits per heavy atom. The predicted octanol–water partition coefficient (Wildman–Crippen LogP) is 5.55. The van der Waals surface area contributed by atoms with Crippen molar-refractivity contribution in [2.24, 2.45) is 10.7 Å². The first-order chi connectivity index (χ1) is 23.4. The van der Waals surface area contributed by atoms with E-state index in [2.05, 4.69) is 26.8 Å². The Morgan fingerprint density at radius 2 is 1.98 bits per heavy atom. The Balaban J connectivity index is 1.47. The fourth-order valence-corrected chi connectivity index (χ4v) is 6.68. The number of thiazole rings is 2. The average molecular weight is 726 g/mol. The lowest BCUT2D eigenvalue weighted by Crippen LogP contribution is -2.31. The molecule has 0 spiro atoms. The second kappa shape index (κ2) is 17.7. The number of nitrogens with zero attached hydrogens (tertiary/aromatic N) is 5. The fourth-order valence-electron chi connectivity index (χ4n) is 4.32. The smallest absolute Gasteiger partial charge is 0.355 e. The zero-order chi connectivity index (χ0) is 35.5. The number of aromatic nitrogens is 2. The van der Waals surface area contributed by atoms with Crippen molar-refractivity contribution in [3.8, 4) is 17.6 Å². The van der Waals surface area contributed by atoms with Gasteiger partial charge in [0.2, 0.25) is 5.13 Å². The number of amidine groups is 2. The summed E-state index contributed by atoms with van der Waals surface area (Å²) in [6.07, 6.45) is 2.34. The minimum Gasteiger partial charge on any atom is -0.491 e. The first-order valence-corrected chi connectivity index (χ1v) is 17.9. The number of carboxylic acid groups (broad SMARTS) is 1. The van der Waals surface area contributed by atoms with Gasteiger partial charge in [0.15, 0.2) is 33.5 Å². The third kappa shape index (κ3) is 11.0. The van der Waals surface area contributed by atoms with E-state index in [0.29, 0.717) is 34.1 Å². The highest BCUT2D eigenvalue weighted by Crippen LogP contribution is 2.30. The molecule has 0 radical (unpaired) electrons. The molecule has 2 heterocycles. The van der Waals surface area contributed by atoms with Gasteiger partial charge in [0, 0.05) is 17.0 Å². The summed E-state index contributed by atoms with van der Waals surface area (Å²) in [5.41, 5.74) is 7.87. The number of carbonyl (C=O) groups is 1. The highest BCUT2D eigenvalue weighted by molar-refractivity contribution is 7.79. The van der Waals surface area contributed by atoms with E-state index < -0.39 is 22.9 Å². The third-order valence-electron chi connectivity index (χ3n) is 6.73. The lowest BCUT2D eigenvalue weighted by Gasteiger charge is -2.21. The quantitative estimate of drug-likeness (QED) is 0.0400. The van der Waals surface area contributed by atoms with Crippen molar-refractivity contribution in [3.63, 3.8) is 0 Å². The Kier molecular flexibility index (Phi) is 13.5. The number of aliphatic imine (C=N–C) groups is 1. The van der Waals surface area contributed by atoms with Gasteiger partial charge in [-0.2, -0.15) is 0 Å². The van der Waals surface area contributed by atoms with Gasteiger partial charge in [-0.1, -0.05) is 35.3 Å². The van der Waals surface area contributed by atoms with Gasteiger partial charge in [-0.3, -0.25) is 10.3 Å². The molecule has 0 fully saturated rings. The van der Waals surface area contributed by atoms with Crippen LogP contribution in [-0.4, -0.2) is 85.9 Å². The van der Waals surface area contributed by atoms with E-state index in [9.17, 15) is 23.1 Å². The highest BCUT2D eigenvalue weighted by Gasteiger charge is 2.23. The van der Waals surface area contributed by atoms with Crippen molar-refractivity contribution in [1.29, 1.82) is 5.41 Å². The second-order valence-corrected chi connectivity index (χ2v) is 14.0. The molecule has 0 saturated heterocycles. The molecule has 16 heteroatoms. The summed E-state index contributed by atoms with van der Waals surface area (Å²) in [7, 11) is 3.78. The van der Waals surface area contributed by atoms with Crippen molar-refractivity contribution < 1.29 is 27.8 Å². The monoisotopic (exact) mass is 725 g/mol. The molecular formula is C33H36FN7O5S3. The highest BCUT2D eigenvalue weighted by atomic mass is 32.2. The molecule has 0 saturated carbocycles. The van der Waals surface area contributed by atoms with Crippen LogP contribution in [0.1, 0.15) is 40.7 Å². The molecule has 49 heavy (non-hydrogen) atoms. The lowest BCUT2D eigenvalue weighted by molar-refractivity contribution is 0.0690. The summed E-state index contributed by atoms with van der Waals surface area (Å²) in [5.74, 6) is 4.18. The van der Waals surface area contributed by atoms with Gasteiger partial charge in [0.25, 0.3) is 0 Å². The molecule has 1 unspecified atom stereocenters. The molecule has 0 aliphatic carbocycles. The van der Waals surface area contributed by atoms with Crippen LogP contribution in [0.5, 0.6) is 5.75 Å². The molecule has 5 N–H and O–H groups in total. The largest absolute Gasteiger partial charge is 0.491 e. The number of aryl methyl sites for hydroxylation is 1. The van der Waals surface area contributed by atoms with Crippen molar-refractivity contribution in [3.05, 3.63) is 76.1 Å². The summed E-state index contributed by atoms with van der Waals surface area (Å²) in [4.78, 5) is 29.1. The van der Waals surface area contributed by atoms with Crippen LogP contribution in [-0.2, 0) is 17.5 Å². The van der Waals surface area contributed by atoms with Crippen LogP contribution in [0.4, 0.5) is 14.7 Å². The van der Waals surface area contributed by atoms with Crippen LogP contribution in [0.15, 0.2) is 59.1 Å². The van der Waals surface area contributed by atoms with Crippen LogP contribution in [0.25, 0.3) is 10.2 Å². The summed E-state index contributed by atoms with van der Waals surface area (Å²) >= 11 is 0.418. The molecular weight excluding hydrogens is 690 g/mol. The van der Waals surface area contributed by atoms with Gasteiger partial charge in [0.05, 0.1) is 29.1 Å². The van der Waals surface area contributed by atoms with Gasteiger partial charge >= 0.3 is 5.97 Å². The number of benzene rings is 2. The van der Waals surface area contributed by atoms with Crippen LogP contribution in [0, 0.1) is 23.1 Å². The first-order valence-electron chi connectivity index (χ1n) is 15.0. The summed E-state index contributed by atoms with van der Waals surface area (Å²) in [6.45, 7) is 2.47. The molecule has 0 amide bonds. The predicted molar refractivity (Wildman–Crippen MR) is 195 cm³/mol. The van der Waals surface area contributed by atoms with Crippen molar-refractivity contribution in [2.45, 2.75) is 26.2 Å². The molecule has 4 rings (SSSR count). The van der Waals surface area contributed by atoms with Crippen LogP contribution < -0.4 is 15.4 Å². The Hall–Kier alpha value is -4.53. The first kappa shape index (κ1) is 37.3. The van der Waals surface area contributed by atoms with Crippen LogP contribution in [0.3, 0.4) is 0 Å². The van der Waals surface area contributed by atoms with Crippen LogP contribution >= 0.6 is 22.7 Å². The Labute approximate surface area is 294 Å². The van der Waals surface area contributed by atoms with Crippen molar-refractivity contribution in [1.82, 2.24) is 14.9 Å². The molecule has 0 aliphatic heterocycles. The average Bonchev–Trinajstić information content (AvgIpc) is 3.65. The van der Waals surface area contributed by atoms with Gasteiger partial charge in [-0.05, 0) is 82.3 Å². The Bertz CT molecular complexity index is 1930. The number of carboxylic acids is 1. The molecule has 0 bridgehead atoms. The number of ether oxygens (including phenoxy) is 1. The third-order valence-corrected chi connectivity index (χ3v) is 9.44. The van der Waals surface area contributed by atoms with Crippen molar-refractivity contribution in [2.75, 3.05) is 44.4 Å². The number of fused-ring (bicyclic) bond motifs is 1. The SMILES string of the molecule is C/C(=C/C(=N)N(CCCS(=O)O)c1nc(C(=O)O)c(CCCOc2ccc(C#CCN(C)C)cc2F)s1)C(N)=Nc1nc2ccccc2s1. The second-order valence-electron chi connectivity index (χ2n) is 10.9. The van der Waals surface area contributed by atoms with Crippen LogP contribution in [0.2, 0.25) is 0 Å². The Morgan fingerprint density at radius 3 is 2.67 bits per heavy atom. The number of hydrogen-bond donors (Lipinski definition) is 4. The maximum Gasteiger partial charge on any atom is 0.355 e. The minimum atomic E-state index is -2.05. The van der Waals surface area contributed by atoms with E-state index in [1.165, 1.54) is 34.4 Å². The molecule has 0 aliphatic rings. The summed E-state index contributed by atoms with van der Waals surface area (Å²) in [6, 6.07) is 12.1. The summed E-state index contributed by atoms with van der Waals surface area (Å²) < 4.78 is 41.8. The van der Waals surface area contributed by atoms with E-state index in [0.717, 1.165) is 21.6 Å². The minimum absolute atomic E-state index is 0.0464. The van der Waals surface area contributed by atoms with E-state index in [-0.39, 0.29) is 60.0 Å². The van der Waals surface area contributed by atoms with Gasteiger partial charge < -0.3 is 25.0 Å². The molecule has 4 aromatic rings. The number of nitrogens with two attached hydrogens (primary N) is 1. The van der Waals surface area contributed by atoms with Gasteiger partial charge in [-0.15, -0.1) is 11.3 Å². The lowest BCUT2D eigenvalue weighted by atomic mass is 10.2. The molecule has 2 aromatic carbocycles. The van der Waals surface area contributed by atoms with E-state index in [1.54, 1.807) is 13.0 Å². The van der Waals surface area contributed by atoms with Crippen molar-refractivity contribution >= 4 is 71.9 Å². The number of rotatable bonds is 15. The molecule has 2 aromatic heterocycles. The standard InChI is InChI=1S/C33H36FN7O5S3/c1-21(30(36)39-32-37-24-10-4-5-11-26(24)47-32)19-28(35)41(16-8-18-49(44)45)33-38-29(31(42)43)27(48-33)12-7-17-46-25-14-13-22(20-23(25)34)9-6-15-40(2)3/h4-5,10-11,13-14,19-20,35H,7-8,12,15-18H2,1-3H3,(H,42,43)(H,44,45)(H2,36,37,39)/b21-19-,35-28?. The van der Waals surface area contributed by atoms with Gasteiger partial charge in [-0.25, -0.2) is 28.4 Å². The number of hydrogen-bond acceptors (Lipinski definition) is 10. The van der Waals surface area contributed by atoms with E-state index in [4.69, 9.17) is 15.9 Å². The number of nitrogens with one attached hydrogen (secondary N) is 1. The fraction of sp³-hybridized carbons (Fsp3) is 0.303.